The summed E-state index contributed by atoms with van der Waals surface area (Å²) in [5, 5.41) is 8.82. The fourth-order valence-corrected chi connectivity index (χ4v) is 1.71. The van der Waals surface area contributed by atoms with Crippen molar-refractivity contribution in [3.8, 4) is 0 Å². The van der Waals surface area contributed by atoms with Gasteiger partial charge in [0.25, 0.3) is 0 Å². The summed E-state index contributed by atoms with van der Waals surface area (Å²) in [6.07, 6.45) is -0.691. The van der Waals surface area contributed by atoms with Crippen LogP contribution in [0.3, 0.4) is 0 Å². The molecular formula is C9H12O4. The van der Waals surface area contributed by atoms with Crippen LogP contribution >= 0.6 is 0 Å². The SMILES string of the molecule is C=C1CO[C@H]2OC(CO)C(=O)C[C@@H]12. The Kier molecular flexibility index (Phi) is 2.19. The molecule has 13 heavy (non-hydrogen) atoms. The molecule has 0 aliphatic carbocycles. The van der Waals surface area contributed by atoms with Crippen molar-refractivity contribution < 1.29 is 19.4 Å². The van der Waals surface area contributed by atoms with Crippen LogP contribution in [0.25, 0.3) is 0 Å². The molecule has 2 heterocycles. The molecule has 0 aromatic heterocycles. The third-order valence-electron chi connectivity index (χ3n) is 2.53. The van der Waals surface area contributed by atoms with E-state index in [1.807, 2.05) is 0 Å². The van der Waals surface area contributed by atoms with Crippen molar-refractivity contribution in [3.63, 3.8) is 0 Å². The Bertz CT molecular complexity index is 248. The molecule has 4 heteroatoms. The topological polar surface area (TPSA) is 55.8 Å². The Morgan fingerprint density at radius 2 is 2.38 bits per heavy atom. The van der Waals surface area contributed by atoms with Crippen molar-refractivity contribution >= 4 is 5.78 Å². The van der Waals surface area contributed by atoms with E-state index in [1.54, 1.807) is 0 Å². The summed E-state index contributed by atoms with van der Waals surface area (Å²) >= 11 is 0. The van der Waals surface area contributed by atoms with Crippen LogP contribution in [0.5, 0.6) is 0 Å². The summed E-state index contributed by atoms with van der Waals surface area (Å²) in [4.78, 5) is 11.3. The largest absolute Gasteiger partial charge is 0.393 e. The molecule has 0 bridgehead atoms. The lowest BCUT2D eigenvalue weighted by Crippen LogP contribution is -2.42. The van der Waals surface area contributed by atoms with Crippen molar-refractivity contribution in [2.24, 2.45) is 5.92 Å². The second kappa shape index (κ2) is 3.21. The maximum atomic E-state index is 11.3. The van der Waals surface area contributed by atoms with Crippen LogP contribution in [0.15, 0.2) is 12.2 Å². The number of aliphatic hydroxyl groups is 1. The van der Waals surface area contributed by atoms with Crippen LogP contribution in [0, 0.1) is 5.92 Å². The summed E-state index contributed by atoms with van der Waals surface area (Å²) in [6.45, 7) is 4.00. The summed E-state index contributed by atoms with van der Waals surface area (Å²) in [5.41, 5.74) is 0.912. The number of Topliss-reactive ketones (excluding diaryl/α,β-unsaturated/α-hetero) is 1. The number of ether oxygens (including phenoxy) is 2. The second-order valence-electron chi connectivity index (χ2n) is 3.42. The van der Waals surface area contributed by atoms with Gasteiger partial charge >= 0.3 is 0 Å². The van der Waals surface area contributed by atoms with E-state index in [4.69, 9.17) is 14.6 Å². The first-order valence-corrected chi connectivity index (χ1v) is 4.30. The van der Waals surface area contributed by atoms with E-state index in [1.165, 1.54) is 0 Å². The van der Waals surface area contributed by atoms with Gasteiger partial charge < -0.3 is 14.6 Å². The zero-order valence-corrected chi connectivity index (χ0v) is 7.23. The van der Waals surface area contributed by atoms with E-state index in [0.717, 1.165) is 5.57 Å². The van der Waals surface area contributed by atoms with Gasteiger partial charge in [0.1, 0.15) is 6.10 Å². The smallest absolute Gasteiger partial charge is 0.166 e. The minimum absolute atomic E-state index is 0.00435. The van der Waals surface area contributed by atoms with E-state index in [0.29, 0.717) is 13.0 Å². The molecule has 0 aromatic carbocycles. The highest BCUT2D eigenvalue weighted by Crippen LogP contribution is 2.34. The first-order chi connectivity index (χ1) is 6.22. The van der Waals surface area contributed by atoms with Crippen molar-refractivity contribution in [3.05, 3.63) is 12.2 Å². The molecule has 72 valence electrons. The molecule has 3 atom stereocenters. The highest BCUT2D eigenvalue weighted by Gasteiger charge is 2.42. The molecule has 0 spiro atoms. The Morgan fingerprint density at radius 1 is 1.62 bits per heavy atom. The van der Waals surface area contributed by atoms with Gasteiger partial charge in [-0.1, -0.05) is 6.58 Å². The van der Waals surface area contributed by atoms with E-state index in [-0.39, 0.29) is 24.6 Å². The number of ketones is 1. The van der Waals surface area contributed by atoms with Crippen molar-refractivity contribution in [1.29, 1.82) is 0 Å². The van der Waals surface area contributed by atoms with Crippen LogP contribution < -0.4 is 0 Å². The number of carbonyl (C=O) groups is 1. The van der Waals surface area contributed by atoms with Gasteiger partial charge in [0.2, 0.25) is 0 Å². The van der Waals surface area contributed by atoms with Crippen molar-refractivity contribution in [2.75, 3.05) is 13.2 Å². The van der Waals surface area contributed by atoms with Gasteiger partial charge in [-0.2, -0.15) is 0 Å². The zero-order chi connectivity index (χ0) is 9.42. The molecule has 4 nitrogen and oxygen atoms in total. The molecule has 0 radical (unpaired) electrons. The van der Waals surface area contributed by atoms with Crippen molar-refractivity contribution in [2.45, 2.75) is 18.8 Å². The van der Waals surface area contributed by atoms with Gasteiger partial charge in [-0.25, -0.2) is 0 Å². The third-order valence-corrected chi connectivity index (χ3v) is 2.53. The number of hydrogen-bond acceptors (Lipinski definition) is 4. The maximum Gasteiger partial charge on any atom is 0.166 e. The normalized spacial score (nSPS) is 39.3. The fourth-order valence-electron chi connectivity index (χ4n) is 1.71. The fraction of sp³-hybridized carbons (Fsp3) is 0.667. The highest BCUT2D eigenvalue weighted by atomic mass is 16.7. The zero-order valence-electron chi connectivity index (χ0n) is 7.23. The molecular weight excluding hydrogens is 172 g/mol. The molecule has 1 N–H and O–H groups in total. The first kappa shape index (κ1) is 8.87. The molecule has 0 amide bonds. The third kappa shape index (κ3) is 1.41. The predicted octanol–water partition coefficient (Wildman–Crippen LogP) is -0.135. The van der Waals surface area contributed by atoms with Gasteiger partial charge in [-0.15, -0.1) is 0 Å². The number of hydrogen-bond donors (Lipinski definition) is 1. The van der Waals surface area contributed by atoms with E-state index < -0.39 is 6.10 Å². The lowest BCUT2D eigenvalue weighted by Gasteiger charge is -2.29. The lowest BCUT2D eigenvalue weighted by molar-refractivity contribution is -0.194. The van der Waals surface area contributed by atoms with Gasteiger partial charge in [-0.05, 0) is 5.57 Å². The number of carbonyl (C=O) groups excluding carboxylic acids is 1. The molecule has 2 rings (SSSR count). The molecule has 0 aromatic rings. The van der Waals surface area contributed by atoms with Crippen LogP contribution in [0.2, 0.25) is 0 Å². The Morgan fingerprint density at radius 3 is 3.08 bits per heavy atom. The summed E-state index contributed by atoms with van der Waals surface area (Å²) in [5.74, 6) is -0.0642. The average Bonchev–Trinajstić information content (AvgIpc) is 2.47. The maximum absolute atomic E-state index is 11.3. The van der Waals surface area contributed by atoms with Gasteiger partial charge in [0.05, 0.1) is 13.2 Å². The van der Waals surface area contributed by atoms with Crippen LogP contribution in [-0.2, 0) is 14.3 Å². The summed E-state index contributed by atoms with van der Waals surface area (Å²) in [6, 6.07) is 0. The summed E-state index contributed by atoms with van der Waals surface area (Å²) in [7, 11) is 0. The monoisotopic (exact) mass is 184 g/mol. The Labute approximate surface area is 76.1 Å². The quantitative estimate of drug-likeness (QED) is 0.576. The highest BCUT2D eigenvalue weighted by molar-refractivity contribution is 5.84. The average molecular weight is 184 g/mol. The van der Waals surface area contributed by atoms with Crippen molar-refractivity contribution in [1.82, 2.24) is 0 Å². The van der Waals surface area contributed by atoms with Crippen LogP contribution in [0.1, 0.15) is 6.42 Å². The number of fused-ring (bicyclic) bond motifs is 1. The molecule has 2 aliphatic heterocycles. The standard InChI is InChI=1S/C9H12O4/c1-5-4-12-9-6(5)2-7(11)8(3-10)13-9/h6,8-10H,1-4H2/t6-,8?,9-/m0/s1. The summed E-state index contributed by atoms with van der Waals surface area (Å²) < 4.78 is 10.5. The molecule has 0 saturated carbocycles. The predicted molar refractivity (Wildman–Crippen MR) is 44.0 cm³/mol. The van der Waals surface area contributed by atoms with E-state index in [9.17, 15) is 4.79 Å². The molecule has 1 unspecified atom stereocenters. The Balaban J connectivity index is 2.10. The molecule has 2 aliphatic rings. The van der Waals surface area contributed by atoms with Gasteiger partial charge in [0, 0.05) is 12.3 Å². The van der Waals surface area contributed by atoms with Gasteiger partial charge in [0.15, 0.2) is 12.1 Å². The molecule has 2 fully saturated rings. The Hall–Kier alpha value is -0.710. The minimum Gasteiger partial charge on any atom is -0.393 e. The van der Waals surface area contributed by atoms with E-state index >= 15 is 0 Å². The minimum atomic E-state index is -0.702. The number of rotatable bonds is 1. The lowest BCUT2D eigenvalue weighted by atomic mass is 9.92. The number of aliphatic hydroxyl groups excluding tert-OH is 1. The van der Waals surface area contributed by atoms with Crippen LogP contribution in [0.4, 0.5) is 0 Å². The van der Waals surface area contributed by atoms with Gasteiger partial charge in [-0.3, -0.25) is 4.79 Å². The molecule has 2 saturated heterocycles. The van der Waals surface area contributed by atoms with Crippen LogP contribution in [-0.4, -0.2) is 36.5 Å². The first-order valence-electron chi connectivity index (χ1n) is 4.30. The van der Waals surface area contributed by atoms with E-state index in [2.05, 4.69) is 6.58 Å². The second-order valence-corrected chi connectivity index (χ2v) is 3.42.